The predicted octanol–water partition coefficient (Wildman–Crippen LogP) is 2.74. The third-order valence-corrected chi connectivity index (χ3v) is 4.48. The van der Waals surface area contributed by atoms with Crippen LogP contribution in [0.2, 0.25) is 0 Å². The van der Waals surface area contributed by atoms with Gasteiger partial charge >= 0.3 is 0 Å². The Morgan fingerprint density at radius 2 is 2.17 bits per heavy atom. The normalized spacial score (nSPS) is 18.2. The minimum absolute atomic E-state index is 0.0635. The first-order valence-corrected chi connectivity index (χ1v) is 8.06. The van der Waals surface area contributed by atoms with Crippen molar-refractivity contribution in [1.82, 2.24) is 15.1 Å². The Labute approximate surface area is 136 Å². The summed E-state index contributed by atoms with van der Waals surface area (Å²) in [5, 5.41) is 7.41. The number of piperidine rings is 1. The van der Waals surface area contributed by atoms with E-state index in [4.69, 9.17) is 4.74 Å². The summed E-state index contributed by atoms with van der Waals surface area (Å²) in [7, 11) is 1.56. The van der Waals surface area contributed by atoms with E-state index < -0.39 is 0 Å². The lowest BCUT2D eigenvalue weighted by Crippen LogP contribution is -2.41. The van der Waals surface area contributed by atoms with Gasteiger partial charge in [0.25, 0.3) is 0 Å². The molecule has 3 rings (SSSR count). The van der Waals surface area contributed by atoms with Gasteiger partial charge in [0, 0.05) is 37.4 Å². The van der Waals surface area contributed by atoms with Gasteiger partial charge in [0.2, 0.25) is 5.91 Å². The van der Waals surface area contributed by atoms with Gasteiger partial charge < -0.3 is 9.64 Å². The van der Waals surface area contributed by atoms with Crippen LogP contribution in [0.3, 0.4) is 0 Å². The van der Waals surface area contributed by atoms with Crippen LogP contribution in [0, 0.1) is 6.92 Å². The number of H-pyrrole nitrogens is 1. The van der Waals surface area contributed by atoms with Crippen molar-refractivity contribution in [2.24, 2.45) is 0 Å². The maximum Gasteiger partial charge on any atom is 0.248 e. The highest BCUT2D eigenvalue weighted by Gasteiger charge is 2.27. The lowest BCUT2D eigenvalue weighted by Gasteiger charge is -2.32. The zero-order valence-corrected chi connectivity index (χ0v) is 13.7. The fourth-order valence-electron chi connectivity index (χ4n) is 3.22. The average molecular weight is 313 g/mol. The van der Waals surface area contributed by atoms with Crippen molar-refractivity contribution >= 4 is 5.91 Å². The Balaban J connectivity index is 1.81. The molecule has 0 unspecified atom stereocenters. The van der Waals surface area contributed by atoms with Crippen LogP contribution in [-0.2, 0) is 9.53 Å². The Morgan fingerprint density at radius 3 is 2.91 bits per heavy atom. The number of aryl methyl sites for hydroxylation is 1. The molecule has 1 amide bonds. The Morgan fingerprint density at radius 1 is 1.39 bits per heavy atom. The molecule has 1 aromatic carbocycles. The number of nitrogens with one attached hydrogen (secondary N) is 1. The van der Waals surface area contributed by atoms with Gasteiger partial charge in [-0.2, -0.15) is 5.10 Å². The van der Waals surface area contributed by atoms with Gasteiger partial charge in [-0.15, -0.1) is 0 Å². The number of hydrogen-bond donors (Lipinski definition) is 1. The molecule has 1 saturated heterocycles. The number of methoxy groups -OCH3 is 1. The SMILES string of the molecule is COCC(=O)N1CCC[C@@H](c2[nH]ncc2-c2ccc(C)cc2)C1. The molecule has 0 saturated carbocycles. The topological polar surface area (TPSA) is 58.2 Å². The number of amides is 1. The van der Waals surface area contributed by atoms with Crippen LogP contribution >= 0.6 is 0 Å². The zero-order valence-electron chi connectivity index (χ0n) is 13.7. The first-order valence-electron chi connectivity index (χ1n) is 8.06. The number of nitrogens with zero attached hydrogens (tertiary/aromatic N) is 2. The third-order valence-electron chi connectivity index (χ3n) is 4.48. The molecule has 1 N–H and O–H groups in total. The van der Waals surface area contributed by atoms with Crippen LogP contribution in [0.15, 0.2) is 30.5 Å². The third kappa shape index (κ3) is 3.45. The monoisotopic (exact) mass is 313 g/mol. The molecule has 1 aliphatic heterocycles. The Kier molecular flexibility index (Phi) is 4.76. The molecular weight excluding hydrogens is 290 g/mol. The Bertz CT molecular complexity index is 663. The number of aromatic nitrogens is 2. The smallest absolute Gasteiger partial charge is 0.248 e. The van der Waals surface area contributed by atoms with Gasteiger partial charge in [0.1, 0.15) is 6.61 Å². The molecule has 1 aromatic heterocycles. The minimum atomic E-state index is 0.0635. The number of rotatable bonds is 4. The van der Waals surface area contributed by atoms with Crippen molar-refractivity contribution in [2.45, 2.75) is 25.7 Å². The lowest BCUT2D eigenvalue weighted by molar-refractivity contribution is -0.136. The molecule has 2 aromatic rings. The highest BCUT2D eigenvalue weighted by molar-refractivity contribution is 5.77. The van der Waals surface area contributed by atoms with Crippen LogP contribution in [0.1, 0.15) is 30.0 Å². The summed E-state index contributed by atoms with van der Waals surface area (Å²) in [5.41, 5.74) is 4.67. The molecule has 122 valence electrons. The van der Waals surface area contributed by atoms with E-state index >= 15 is 0 Å². The van der Waals surface area contributed by atoms with Crippen molar-refractivity contribution in [3.63, 3.8) is 0 Å². The fraction of sp³-hybridized carbons (Fsp3) is 0.444. The highest BCUT2D eigenvalue weighted by atomic mass is 16.5. The number of ether oxygens (including phenoxy) is 1. The maximum absolute atomic E-state index is 12.1. The van der Waals surface area contributed by atoms with E-state index in [-0.39, 0.29) is 12.5 Å². The largest absolute Gasteiger partial charge is 0.375 e. The van der Waals surface area contributed by atoms with E-state index in [9.17, 15) is 4.79 Å². The quantitative estimate of drug-likeness (QED) is 0.944. The molecule has 2 heterocycles. The molecular formula is C18H23N3O2. The summed E-state index contributed by atoms with van der Waals surface area (Å²) < 4.78 is 4.98. The van der Waals surface area contributed by atoms with Gasteiger partial charge in [-0.1, -0.05) is 29.8 Å². The predicted molar refractivity (Wildman–Crippen MR) is 89.2 cm³/mol. The van der Waals surface area contributed by atoms with E-state index in [0.717, 1.165) is 37.2 Å². The van der Waals surface area contributed by atoms with Crippen molar-refractivity contribution in [2.75, 3.05) is 26.8 Å². The highest BCUT2D eigenvalue weighted by Crippen LogP contribution is 2.33. The molecule has 0 spiro atoms. The number of carbonyl (C=O) groups is 1. The molecule has 0 radical (unpaired) electrons. The summed E-state index contributed by atoms with van der Waals surface area (Å²) in [6.45, 7) is 3.77. The molecule has 1 aliphatic rings. The molecule has 1 atom stereocenters. The average Bonchev–Trinajstić information content (AvgIpc) is 3.05. The molecule has 5 heteroatoms. The summed E-state index contributed by atoms with van der Waals surface area (Å²) in [6.07, 6.45) is 3.96. The van der Waals surface area contributed by atoms with E-state index in [0.29, 0.717) is 5.92 Å². The number of aromatic amines is 1. The van der Waals surface area contributed by atoms with E-state index in [1.54, 1.807) is 7.11 Å². The molecule has 5 nitrogen and oxygen atoms in total. The standard InChI is InChI=1S/C18H23N3O2/c1-13-5-7-14(8-6-13)16-10-19-20-18(16)15-4-3-9-21(11-15)17(22)12-23-2/h5-8,10,15H,3-4,9,11-12H2,1-2H3,(H,19,20)/t15-/m1/s1. The zero-order chi connectivity index (χ0) is 16.2. The van der Waals surface area contributed by atoms with Crippen LogP contribution in [0.4, 0.5) is 0 Å². The maximum atomic E-state index is 12.1. The number of likely N-dealkylation sites (tertiary alicyclic amines) is 1. The molecule has 0 bridgehead atoms. The molecule has 0 aliphatic carbocycles. The number of hydrogen-bond acceptors (Lipinski definition) is 3. The lowest BCUT2D eigenvalue weighted by atomic mass is 9.90. The van der Waals surface area contributed by atoms with Crippen LogP contribution in [0.25, 0.3) is 11.1 Å². The van der Waals surface area contributed by atoms with E-state index in [1.807, 2.05) is 11.1 Å². The summed E-state index contributed by atoms with van der Waals surface area (Å²) in [6, 6.07) is 8.48. The summed E-state index contributed by atoms with van der Waals surface area (Å²) in [4.78, 5) is 14.0. The first kappa shape index (κ1) is 15.7. The molecule has 1 fully saturated rings. The van der Waals surface area contributed by atoms with Crippen LogP contribution < -0.4 is 0 Å². The minimum Gasteiger partial charge on any atom is -0.375 e. The van der Waals surface area contributed by atoms with Crippen molar-refractivity contribution in [1.29, 1.82) is 0 Å². The second-order valence-corrected chi connectivity index (χ2v) is 6.18. The summed E-state index contributed by atoms with van der Waals surface area (Å²) in [5.74, 6) is 0.358. The van der Waals surface area contributed by atoms with Crippen LogP contribution in [0.5, 0.6) is 0 Å². The van der Waals surface area contributed by atoms with Crippen molar-refractivity contribution < 1.29 is 9.53 Å². The first-order chi connectivity index (χ1) is 11.2. The second-order valence-electron chi connectivity index (χ2n) is 6.18. The van der Waals surface area contributed by atoms with Crippen LogP contribution in [-0.4, -0.2) is 47.8 Å². The van der Waals surface area contributed by atoms with Crippen molar-refractivity contribution in [3.8, 4) is 11.1 Å². The Hall–Kier alpha value is -2.14. The van der Waals surface area contributed by atoms with Gasteiger partial charge in [-0.25, -0.2) is 0 Å². The van der Waals surface area contributed by atoms with Crippen molar-refractivity contribution in [3.05, 3.63) is 41.7 Å². The second kappa shape index (κ2) is 6.96. The van der Waals surface area contributed by atoms with E-state index in [1.165, 1.54) is 11.1 Å². The van der Waals surface area contributed by atoms with Gasteiger partial charge in [0.15, 0.2) is 0 Å². The number of carbonyl (C=O) groups excluding carboxylic acids is 1. The fourth-order valence-corrected chi connectivity index (χ4v) is 3.22. The number of benzene rings is 1. The van der Waals surface area contributed by atoms with Gasteiger partial charge in [-0.05, 0) is 25.3 Å². The molecule has 23 heavy (non-hydrogen) atoms. The van der Waals surface area contributed by atoms with Gasteiger partial charge in [0.05, 0.1) is 6.20 Å². The van der Waals surface area contributed by atoms with Gasteiger partial charge in [-0.3, -0.25) is 9.89 Å². The van der Waals surface area contributed by atoms with E-state index in [2.05, 4.69) is 41.4 Å². The summed E-state index contributed by atoms with van der Waals surface area (Å²) >= 11 is 0.